The molecule has 4 nitrogen and oxygen atoms in total. The van der Waals surface area contributed by atoms with Crippen LogP contribution in [-0.2, 0) is 0 Å². The molecule has 0 saturated heterocycles. The highest BCUT2D eigenvalue weighted by Crippen LogP contribution is 2.40. The Morgan fingerprint density at radius 3 is 2.70 bits per heavy atom. The van der Waals surface area contributed by atoms with Gasteiger partial charge in [-0.05, 0) is 67.3 Å². The van der Waals surface area contributed by atoms with Gasteiger partial charge in [0.1, 0.15) is 5.75 Å². The largest absolute Gasteiger partial charge is 0.493 e. The first-order chi connectivity index (χ1) is 14.5. The lowest BCUT2D eigenvalue weighted by molar-refractivity contribution is 0.0698. The Morgan fingerprint density at radius 1 is 1.20 bits per heavy atom. The Labute approximate surface area is 179 Å². The van der Waals surface area contributed by atoms with E-state index in [0.717, 1.165) is 16.0 Å². The molecule has 1 N–H and O–H groups in total. The Kier molecular flexibility index (Phi) is 4.70. The van der Waals surface area contributed by atoms with Crippen molar-refractivity contribution >= 4 is 38.3 Å². The van der Waals surface area contributed by atoms with E-state index in [4.69, 9.17) is 9.72 Å². The van der Waals surface area contributed by atoms with Gasteiger partial charge in [-0.25, -0.2) is 9.78 Å². The van der Waals surface area contributed by atoms with E-state index in [2.05, 4.69) is 19.1 Å². The van der Waals surface area contributed by atoms with Crippen molar-refractivity contribution in [2.45, 2.75) is 33.1 Å². The first-order valence-electron chi connectivity index (χ1n) is 10.3. The van der Waals surface area contributed by atoms with Gasteiger partial charge in [0.15, 0.2) is 0 Å². The van der Waals surface area contributed by atoms with Gasteiger partial charge >= 0.3 is 5.97 Å². The van der Waals surface area contributed by atoms with Crippen LogP contribution >= 0.6 is 11.3 Å². The molecule has 152 valence electrons. The summed E-state index contributed by atoms with van der Waals surface area (Å²) in [6.45, 7) is 4.68. The third kappa shape index (κ3) is 3.14. The van der Waals surface area contributed by atoms with Crippen LogP contribution in [0.4, 0.5) is 0 Å². The molecule has 0 amide bonds. The molecular weight excluding hydrogens is 394 g/mol. The van der Waals surface area contributed by atoms with Crippen LogP contribution in [0.3, 0.4) is 0 Å². The summed E-state index contributed by atoms with van der Waals surface area (Å²) in [5.74, 6) is 0.233. The summed E-state index contributed by atoms with van der Waals surface area (Å²) in [7, 11) is 0. The van der Waals surface area contributed by atoms with Crippen molar-refractivity contribution in [3.05, 3.63) is 59.2 Å². The van der Waals surface area contributed by atoms with Crippen LogP contribution < -0.4 is 4.74 Å². The molecule has 0 bridgehead atoms. The number of pyridine rings is 1. The monoisotopic (exact) mass is 417 g/mol. The molecular formula is C25H23NO3S. The van der Waals surface area contributed by atoms with Crippen molar-refractivity contribution in [1.29, 1.82) is 0 Å². The number of carbonyl (C=O) groups is 1. The van der Waals surface area contributed by atoms with E-state index in [9.17, 15) is 9.90 Å². The molecule has 1 saturated carbocycles. The minimum atomic E-state index is -0.957. The number of rotatable bonds is 5. The van der Waals surface area contributed by atoms with E-state index >= 15 is 0 Å². The smallest absolute Gasteiger partial charge is 0.336 e. The van der Waals surface area contributed by atoms with Crippen molar-refractivity contribution in [2.24, 2.45) is 5.92 Å². The second kappa shape index (κ2) is 7.40. The zero-order chi connectivity index (χ0) is 20.8. The van der Waals surface area contributed by atoms with E-state index in [-0.39, 0.29) is 5.56 Å². The minimum absolute atomic E-state index is 0.249. The zero-order valence-corrected chi connectivity index (χ0v) is 17.9. The number of carboxylic acid groups (broad SMARTS) is 1. The lowest BCUT2D eigenvalue weighted by Gasteiger charge is -2.25. The van der Waals surface area contributed by atoms with Crippen LogP contribution in [0.1, 0.15) is 40.7 Å². The molecule has 0 aliphatic heterocycles. The molecule has 4 aromatic rings. The number of fused-ring (bicyclic) bond motifs is 2. The molecule has 2 aromatic heterocycles. The van der Waals surface area contributed by atoms with Crippen molar-refractivity contribution in [3.8, 4) is 16.3 Å². The maximum atomic E-state index is 12.2. The third-order valence-corrected chi connectivity index (χ3v) is 7.43. The maximum absolute atomic E-state index is 12.2. The molecule has 5 heteroatoms. The van der Waals surface area contributed by atoms with Gasteiger partial charge in [0.25, 0.3) is 0 Å². The lowest BCUT2D eigenvalue weighted by atomic mass is 9.86. The van der Waals surface area contributed by atoms with Crippen LogP contribution in [-0.4, -0.2) is 22.7 Å². The number of aromatic nitrogens is 1. The van der Waals surface area contributed by atoms with Gasteiger partial charge in [-0.1, -0.05) is 30.7 Å². The summed E-state index contributed by atoms with van der Waals surface area (Å²) < 4.78 is 7.26. The fraction of sp³-hybridized carbons (Fsp3) is 0.280. The van der Waals surface area contributed by atoms with Gasteiger partial charge in [-0.3, -0.25) is 0 Å². The molecule has 0 radical (unpaired) electrons. The van der Waals surface area contributed by atoms with Crippen LogP contribution in [0.15, 0.2) is 42.5 Å². The molecule has 0 spiro atoms. The number of thiophene rings is 1. The number of nitrogens with zero attached hydrogens (tertiary/aromatic N) is 1. The topological polar surface area (TPSA) is 59.4 Å². The predicted octanol–water partition coefficient (Wildman–Crippen LogP) is 6.61. The average molecular weight is 418 g/mol. The van der Waals surface area contributed by atoms with Crippen LogP contribution in [0.2, 0.25) is 0 Å². The van der Waals surface area contributed by atoms with E-state index in [1.54, 1.807) is 17.4 Å². The predicted molar refractivity (Wildman–Crippen MR) is 122 cm³/mol. The standard InChI is InChI=1S/C25H23NO3S/c1-14-10-11-20(29-13-16-6-5-7-16)22-18(25(27)28)12-19(26-23(14)22)24-15(2)17-8-3-4-9-21(17)30-24/h3-4,8-12,16H,5-7,13H2,1-2H3,(H,27,28). The second-order valence-corrected chi connectivity index (χ2v) is 9.18. The van der Waals surface area contributed by atoms with Crippen molar-refractivity contribution in [1.82, 2.24) is 4.98 Å². The van der Waals surface area contributed by atoms with Gasteiger partial charge in [0.05, 0.1) is 33.6 Å². The summed E-state index contributed by atoms with van der Waals surface area (Å²) in [6.07, 6.45) is 3.62. The lowest BCUT2D eigenvalue weighted by Crippen LogP contribution is -2.19. The maximum Gasteiger partial charge on any atom is 0.336 e. The van der Waals surface area contributed by atoms with Gasteiger partial charge in [-0.2, -0.15) is 0 Å². The average Bonchev–Trinajstić information content (AvgIpc) is 3.04. The highest BCUT2D eigenvalue weighted by Gasteiger charge is 2.22. The quantitative estimate of drug-likeness (QED) is 0.397. The van der Waals surface area contributed by atoms with Crippen molar-refractivity contribution in [2.75, 3.05) is 6.61 Å². The van der Waals surface area contributed by atoms with Gasteiger partial charge < -0.3 is 9.84 Å². The fourth-order valence-electron chi connectivity index (χ4n) is 4.13. The van der Waals surface area contributed by atoms with Crippen LogP contribution in [0.25, 0.3) is 31.6 Å². The fourth-order valence-corrected chi connectivity index (χ4v) is 5.30. The molecule has 5 rings (SSSR count). The van der Waals surface area contributed by atoms with Gasteiger partial charge in [0, 0.05) is 4.70 Å². The Bertz CT molecular complexity index is 1290. The van der Waals surface area contributed by atoms with E-state index in [0.29, 0.717) is 34.9 Å². The SMILES string of the molecule is Cc1c(-c2cc(C(=O)O)c3c(OCC4CCC4)ccc(C)c3n2)sc2ccccc12. The summed E-state index contributed by atoms with van der Waals surface area (Å²) in [4.78, 5) is 18.2. The summed E-state index contributed by atoms with van der Waals surface area (Å²) >= 11 is 1.65. The molecule has 0 atom stereocenters. The highest BCUT2D eigenvalue weighted by molar-refractivity contribution is 7.22. The summed E-state index contributed by atoms with van der Waals surface area (Å²) in [5, 5.41) is 11.8. The summed E-state index contributed by atoms with van der Waals surface area (Å²) in [5.41, 5.74) is 3.74. The van der Waals surface area contributed by atoms with E-state index in [1.807, 2.05) is 31.2 Å². The van der Waals surface area contributed by atoms with Crippen LogP contribution in [0, 0.1) is 19.8 Å². The number of carboxylic acids is 1. The molecule has 0 unspecified atom stereocenters. The normalized spacial score (nSPS) is 14.2. The number of benzene rings is 2. The zero-order valence-electron chi connectivity index (χ0n) is 17.1. The third-order valence-electron chi connectivity index (χ3n) is 6.13. The van der Waals surface area contributed by atoms with E-state index < -0.39 is 5.97 Å². The molecule has 2 heterocycles. The number of aryl methyl sites for hydroxylation is 2. The Hall–Kier alpha value is -2.92. The van der Waals surface area contributed by atoms with Crippen LogP contribution in [0.5, 0.6) is 5.75 Å². The minimum Gasteiger partial charge on any atom is -0.493 e. The second-order valence-electron chi connectivity index (χ2n) is 8.12. The molecule has 1 aliphatic carbocycles. The molecule has 1 fully saturated rings. The first kappa shape index (κ1) is 19.1. The van der Waals surface area contributed by atoms with E-state index in [1.165, 1.54) is 29.3 Å². The summed E-state index contributed by atoms with van der Waals surface area (Å²) in [6, 6.07) is 13.8. The molecule has 2 aromatic carbocycles. The number of hydrogen-bond acceptors (Lipinski definition) is 4. The van der Waals surface area contributed by atoms with Gasteiger partial charge in [0.2, 0.25) is 0 Å². The molecule has 1 aliphatic rings. The Balaban J connectivity index is 1.70. The number of hydrogen-bond donors (Lipinski definition) is 1. The van der Waals surface area contributed by atoms with Crippen molar-refractivity contribution < 1.29 is 14.6 Å². The Morgan fingerprint density at radius 2 is 2.00 bits per heavy atom. The first-order valence-corrected chi connectivity index (χ1v) is 11.1. The van der Waals surface area contributed by atoms with Crippen molar-refractivity contribution in [3.63, 3.8) is 0 Å². The number of aromatic carboxylic acids is 1. The molecule has 30 heavy (non-hydrogen) atoms. The highest BCUT2D eigenvalue weighted by atomic mass is 32.1. The number of ether oxygens (including phenoxy) is 1. The van der Waals surface area contributed by atoms with Gasteiger partial charge in [-0.15, -0.1) is 11.3 Å².